The van der Waals surface area contributed by atoms with E-state index in [9.17, 15) is 4.79 Å². The van der Waals surface area contributed by atoms with Crippen LogP contribution in [0.1, 0.15) is 16.1 Å². The third-order valence-electron chi connectivity index (χ3n) is 4.28. The third-order valence-corrected chi connectivity index (χ3v) is 4.28. The van der Waals surface area contributed by atoms with Crippen molar-refractivity contribution in [1.29, 1.82) is 0 Å². The first kappa shape index (κ1) is 16.0. The van der Waals surface area contributed by atoms with Crippen LogP contribution in [0.25, 0.3) is 33.7 Å². The fraction of sp³-hybridized carbons (Fsp3) is 0.0500. The molecule has 0 aliphatic heterocycles. The number of aromatic amines is 1. The van der Waals surface area contributed by atoms with E-state index in [0.717, 1.165) is 27.9 Å². The van der Waals surface area contributed by atoms with Crippen LogP contribution in [0.15, 0.2) is 60.7 Å². The molecule has 2 heterocycles. The van der Waals surface area contributed by atoms with E-state index in [0.29, 0.717) is 17.1 Å². The molecule has 128 valence electrons. The highest BCUT2D eigenvalue weighted by molar-refractivity contribution is 5.97. The maximum absolute atomic E-state index is 12.1. The Morgan fingerprint density at radius 3 is 2.50 bits per heavy atom. The van der Waals surface area contributed by atoms with E-state index in [1.165, 1.54) is 0 Å². The smallest absolute Gasteiger partial charge is 0.267 e. The van der Waals surface area contributed by atoms with Gasteiger partial charge in [-0.1, -0.05) is 42.5 Å². The van der Waals surface area contributed by atoms with E-state index in [1.54, 1.807) is 13.0 Å². The summed E-state index contributed by atoms with van der Waals surface area (Å²) >= 11 is 0. The lowest BCUT2D eigenvalue weighted by Crippen LogP contribution is -2.30. The Hall–Kier alpha value is -3.51. The van der Waals surface area contributed by atoms with Crippen molar-refractivity contribution in [3.8, 4) is 22.6 Å². The van der Waals surface area contributed by atoms with E-state index in [2.05, 4.69) is 20.4 Å². The van der Waals surface area contributed by atoms with E-state index in [1.807, 2.05) is 54.6 Å². The number of carbonyl (C=O) groups is 1. The summed E-state index contributed by atoms with van der Waals surface area (Å²) < 4.78 is 0. The minimum Gasteiger partial charge on any atom is -0.338 e. The van der Waals surface area contributed by atoms with Gasteiger partial charge in [0.25, 0.3) is 5.91 Å². The maximum atomic E-state index is 12.1. The van der Waals surface area contributed by atoms with Crippen molar-refractivity contribution in [3.05, 3.63) is 71.9 Å². The first-order valence-corrected chi connectivity index (χ1v) is 8.20. The summed E-state index contributed by atoms with van der Waals surface area (Å²) in [5, 5.41) is 0. The standard InChI is InChI=1S/C20H17N5O/c1-12-14(20(26)25-21)11-15(18(22-12)13-7-3-2-4-8-13)19-23-16-9-5-6-10-17(16)24-19/h2-11H,21H2,1H3,(H,23,24)(H,25,26). The number of H-pyrrole nitrogens is 1. The highest BCUT2D eigenvalue weighted by Crippen LogP contribution is 2.31. The molecule has 0 spiro atoms. The number of hydrogen-bond donors (Lipinski definition) is 3. The molecular formula is C20H17N5O. The number of rotatable bonds is 3. The highest BCUT2D eigenvalue weighted by atomic mass is 16.2. The van der Waals surface area contributed by atoms with Gasteiger partial charge in [0, 0.05) is 11.1 Å². The van der Waals surface area contributed by atoms with Crippen LogP contribution in [0.3, 0.4) is 0 Å². The zero-order valence-corrected chi connectivity index (χ0v) is 14.2. The van der Waals surface area contributed by atoms with Gasteiger partial charge >= 0.3 is 0 Å². The van der Waals surface area contributed by atoms with E-state index in [-0.39, 0.29) is 5.91 Å². The summed E-state index contributed by atoms with van der Waals surface area (Å²) in [6.45, 7) is 1.79. The number of pyridine rings is 1. The lowest BCUT2D eigenvalue weighted by molar-refractivity contribution is 0.0952. The molecule has 4 N–H and O–H groups in total. The third kappa shape index (κ3) is 2.72. The molecule has 0 aliphatic rings. The van der Waals surface area contributed by atoms with Crippen LogP contribution in [0.5, 0.6) is 0 Å². The first-order valence-electron chi connectivity index (χ1n) is 8.20. The Kier molecular flexibility index (Phi) is 3.95. The van der Waals surface area contributed by atoms with Gasteiger partial charge in [-0.3, -0.25) is 15.2 Å². The van der Waals surface area contributed by atoms with Gasteiger partial charge in [-0.15, -0.1) is 0 Å². The second-order valence-electron chi connectivity index (χ2n) is 5.96. The topological polar surface area (TPSA) is 96.7 Å². The molecule has 6 nitrogen and oxygen atoms in total. The molecule has 0 aliphatic carbocycles. The number of nitrogens with zero attached hydrogens (tertiary/aromatic N) is 2. The Balaban J connectivity index is 1.99. The first-order chi connectivity index (χ1) is 12.7. The number of carbonyl (C=O) groups excluding carboxylic acids is 1. The van der Waals surface area contributed by atoms with E-state index >= 15 is 0 Å². The predicted octanol–water partition coefficient (Wildman–Crippen LogP) is 3.20. The van der Waals surface area contributed by atoms with Crippen LogP contribution < -0.4 is 11.3 Å². The molecule has 0 radical (unpaired) electrons. The SMILES string of the molecule is Cc1nc(-c2ccccc2)c(-c2nc3ccccc3[nH]2)cc1C(=O)NN. The number of hydrogen-bond acceptors (Lipinski definition) is 4. The zero-order valence-electron chi connectivity index (χ0n) is 14.2. The minimum absolute atomic E-state index is 0.382. The van der Waals surface area contributed by atoms with Crippen LogP contribution in [-0.2, 0) is 0 Å². The number of nitrogens with two attached hydrogens (primary N) is 1. The summed E-state index contributed by atoms with van der Waals surface area (Å²) in [6.07, 6.45) is 0. The molecule has 4 aromatic rings. The lowest BCUT2D eigenvalue weighted by atomic mass is 10.0. The normalized spacial score (nSPS) is 10.8. The van der Waals surface area contributed by atoms with E-state index < -0.39 is 0 Å². The predicted molar refractivity (Wildman–Crippen MR) is 101 cm³/mol. The number of hydrazine groups is 1. The van der Waals surface area contributed by atoms with Crippen LogP contribution in [-0.4, -0.2) is 20.9 Å². The van der Waals surface area contributed by atoms with Crippen molar-refractivity contribution in [2.24, 2.45) is 5.84 Å². The monoisotopic (exact) mass is 343 g/mol. The molecule has 2 aromatic heterocycles. The van der Waals surface area contributed by atoms with Gasteiger partial charge in [-0.25, -0.2) is 10.8 Å². The average Bonchev–Trinajstić information content (AvgIpc) is 3.12. The Morgan fingerprint density at radius 1 is 1.04 bits per heavy atom. The number of imidazole rings is 1. The fourth-order valence-corrected chi connectivity index (χ4v) is 2.99. The van der Waals surface area contributed by atoms with E-state index in [4.69, 9.17) is 5.84 Å². The maximum Gasteiger partial charge on any atom is 0.267 e. The van der Waals surface area contributed by atoms with Crippen molar-refractivity contribution >= 4 is 16.9 Å². The number of benzene rings is 2. The number of aromatic nitrogens is 3. The summed E-state index contributed by atoms with van der Waals surface area (Å²) in [6, 6.07) is 19.4. The molecule has 1 amide bonds. The van der Waals surface area contributed by atoms with Crippen LogP contribution >= 0.6 is 0 Å². The van der Waals surface area contributed by atoms with Crippen molar-refractivity contribution in [2.45, 2.75) is 6.92 Å². The second-order valence-corrected chi connectivity index (χ2v) is 5.96. The quantitative estimate of drug-likeness (QED) is 0.302. The van der Waals surface area contributed by atoms with Gasteiger partial charge in [0.05, 0.1) is 28.0 Å². The molecule has 2 aromatic carbocycles. The van der Waals surface area contributed by atoms with Crippen molar-refractivity contribution in [3.63, 3.8) is 0 Å². The molecule has 26 heavy (non-hydrogen) atoms. The molecule has 0 bridgehead atoms. The Bertz CT molecular complexity index is 1070. The average molecular weight is 343 g/mol. The molecule has 6 heteroatoms. The van der Waals surface area contributed by atoms with Gasteiger partial charge in [-0.05, 0) is 25.1 Å². The fourth-order valence-electron chi connectivity index (χ4n) is 2.99. The zero-order chi connectivity index (χ0) is 18.1. The van der Waals surface area contributed by atoms with Gasteiger partial charge < -0.3 is 4.98 Å². The summed E-state index contributed by atoms with van der Waals surface area (Å²) in [5.74, 6) is 5.60. The number of amides is 1. The van der Waals surface area contributed by atoms with Gasteiger partial charge in [0.1, 0.15) is 5.82 Å². The van der Waals surface area contributed by atoms with Gasteiger partial charge in [0.2, 0.25) is 0 Å². The Morgan fingerprint density at radius 2 is 1.77 bits per heavy atom. The van der Waals surface area contributed by atoms with Crippen LogP contribution in [0.4, 0.5) is 0 Å². The second kappa shape index (κ2) is 6.42. The largest absolute Gasteiger partial charge is 0.338 e. The molecule has 0 atom stereocenters. The summed E-state index contributed by atoms with van der Waals surface area (Å²) in [5.41, 5.74) is 7.43. The molecule has 4 rings (SSSR count). The highest BCUT2D eigenvalue weighted by Gasteiger charge is 2.18. The van der Waals surface area contributed by atoms with Crippen LogP contribution in [0, 0.1) is 6.92 Å². The Labute approximate surface area is 150 Å². The van der Waals surface area contributed by atoms with Gasteiger partial charge in [-0.2, -0.15) is 0 Å². The molecule has 0 saturated heterocycles. The molecular weight excluding hydrogens is 326 g/mol. The van der Waals surface area contributed by atoms with Gasteiger partial charge in [0.15, 0.2) is 0 Å². The van der Waals surface area contributed by atoms with Crippen molar-refractivity contribution in [1.82, 2.24) is 20.4 Å². The number of para-hydroxylation sites is 2. The minimum atomic E-state index is -0.382. The number of fused-ring (bicyclic) bond motifs is 1. The molecule has 0 saturated carbocycles. The van der Waals surface area contributed by atoms with Crippen LogP contribution in [0.2, 0.25) is 0 Å². The van der Waals surface area contributed by atoms with Crippen molar-refractivity contribution in [2.75, 3.05) is 0 Å². The summed E-state index contributed by atoms with van der Waals surface area (Å²) in [4.78, 5) is 24.8. The molecule has 0 fully saturated rings. The lowest BCUT2D eigenvalue weighted by Gasteiger charge is -2.12. The number of nitrogens with one attached hydrogen (secondary N) is 2. The number of aryl methyl sites for hydroxylation is 1. The molecule has 0 unspecified atom stereocenters. The summed E-state index contributed by atoms with van der Waals surface area (Å²) in [7, 11) is 0. The number of nitrogen functional groups attached to an aromatic ring is 1. The van der Waals surface area contributed by atoms with Crippen molar-refractivity contribution < 1.29 is 4.79 Å².